The van der Waals surface area contributed by atoms with Gasteiger partial charge in [-0.1, -0.05) is 36.4 Å². The van der Waals surface area contributed by atoms with Crippen LogP contribution in [0.3, 0.4) is 0 Å². The fraction of sp³-hybridized carbons (Fsp3) is 0.233. The predicted octanol–water partition coefficient (Wildman–Crippen LogP) is 4.04. The molecule has 7 rings (SSSR count). The van der Waals surface area contributed by atoms with E-state index in [0.717, 1.165) is 39.0 Å². The van der Waals surface area contributed by atoms with Gasteiger partial charge in [0.2, 0.25) is 11.8 Å². The molecule has 37 heavy (non-hydrogen) atoms. The number of carbonyl (C=O) groups is 2. The van der Waals surface area contributed by atoms with Crippen molar-refractivity contribution in [1.29, 1.82) is 0 Å². The molecule has 2 atom stereocenters. The van der Waals surface area contributed by atoms with E-state index in [0.29, 0.717) is 32.5 Å². The van der Waals surface area contributed by atoms with Gasteiger partial charge in [-0.05, 0) is 71.5 Å². The number of anilines is 1. The lowest BCUT2D eigenvalue weighted by Gasteiger charge is -2.35. The Balaban J connectivity index is 1.20. The second-order valence-electron chi connectivity index (χ2n) is 10.3. The van der Waals surface area contributed by atoms with Crippen LogP contribution < -0.4 is 10.6 Å². The number of nitrogens with one attached hydrogen (secondary N) is 2. The number of piperazine rings is 1. The van der Waals surface area contributed by atoms with E-state index in [1.54, 1.807) is 12.1 Å². The number of hydrogen-bond donors (Lipinski definition) is 2. The highest BCUT2D eigenvalue weighted by Crippen LogP contribution is 2.47. The standard InChI is InChI=1S/C30H25FN4O2/c31-22-8-5-18(6-9-22)27-28(36)32-11-12-35(27)17-23-10-7-19-13-20-15-30(16-21(20)14-26(19)33-23)24-3-1-2-4-25(24)34-29(30)37/h1-10,13-14,27H,11-12,15-17H2,(H,32,36)(H,34,37)/t27?,30-/m1/s1. The van der Waals surface area contributed by atoms with Crippen LogP contribution in [-0.4, -0.2) is 34.8 Å². The summed E-state index contributed by atoms with van der Waals surface area (Å²) in [5, 5.41) is 7.04. The molecule has 6 nitrogen and oxygen atoms in total. The van der Waals surface area contributed by atoms with Gasteiger partial charge in [0.05, 0.1) is 16.6 Å². The number of fused-ring (bicyclic) bond motifs is 4. The third-order valence-electron chi connectivity index (χ3n) is 8.04. The first kappa shape index (κ1) is 22.1. The molecule has 2 aliphatic heterocycles. The van der Waals surface area contributed by atoms with Crippen molar-refractivity contribution in [3.8, 4) is 0 Å². The van der Waals surface area contributed by atoms with Crippen molar-refractivity contribution >= 4 is 28.4 Å². The molecule has 1 aromatic heterocycles. The number of benzene rings is 3. The summed E-state index contributed by atoms with van der Waals surface area (Å²) < 4.78 is 13.5. The van der Waals surface area contributed by atoms with E-state index in [-0.39, 0.29) is 17.6 Å². The van der Waals surface area contributed by atoms with E-state index >= 15 is 0 Å². The van der Waals surface area contributed by atoms with Gasteiger partial charge in [0, 0.05) is 30.7 Å². The number of pyridine rings is 1. The maximum atomic E-state index is 13.5. The Morgan fingerprint density at radius 2 is 1.76 bits per heavy atom. The van der Waals surface area contributed by atoms with Crippen LogP contribution >= 0.6 is 0 Å². The van der Waals surface area contributed by atoms with Crippen molar-refractivity contribution in [3.05, 3.63) is 107 Å². The zero-order valence-electron chi connectivity index (χ0n) is 20.1. The lowest BCUT2D eigenvalue weighted by molar-refractivity contribution is -0.129. The normalized spacial score (nSPS) is 22.7. The zero-order valence-corrected chi connectivity index (χ0v) is 20.1. The Bertz CT molecular complexity index is 1580. The van der Waals surface area contributed by atoms with E-state index in [1.165, 1.54) is 17.7 Å². The van der Waals surface area contributed by atoms with Crippen molar-refractivity contribution in [2.45, 2.75) is 30.8 Å². The predicted molar refractivity (Wildman–Crippen MR) is 138 cm³/mol. The van der Waals surface area contributed by atoms with E-state index in [9.17, 15) is 14.0 Å². The van der Waals surface area contributed by atoms with Crippen LogP contribution in [0.15, 0.2) is 72.8 Å². The maximum absolute atomic E-state index is 13.5. The topological polar surface area (TPSA) is 74.3 Å². The summed E-state index contributed by atoms with van der Waals surface area (Å²) in [6, 6.07) is 22.0. The molecule has 4 aromatic rings. The van der Waals surface area contributed by atoms with Crippen molar-refractivity contribution in [1.82, 2.24) is 15.2 Å². The molecule has 184 valence electrons. The monoisotopic (exact) mass is 492 g/mol. The van der Waals surface area contributed by atoms with Crippen LogP contribution in [0.4, 0.5) is 10.1 Å². The molecule has 0 saturated carbocycles. The maximum Gasteiger partial charge on any atom is 0.242 e. The molecule has 0 bridgehead atoms. The highest BCUT2D eigenvalue weighted by atomic mass is 19.1. The quantitative estimate of drug-likeness (QED) is 0.453. The van der Waals surface area contributed by atoms with Gasteiger partial charge in [-0.25, -0.2) is 4.39 Å². The molecular weight excluding hydrogens is 467 g/mol. The molecule has 1 fully saturated rings. The molecular formula is C30H25FN4O2. The Morgan fingerprint density at radius 3 is 2.59 bits per heavy atom. The summed E-state index contributed by atoms with van der Waals surface area (Å²) in [5.41, 5.74) is 6.30. The molecule has 1 aliphatic carbocycles. The van der Waals surface area contributed by atoms with Crippen LogP contribution in [0.2, 0.25) is 0 Å². The fourth-order valence-electron chi connectivity index (χ4n) is 6.26. The van der Waals surface area contributed by atoms with Gasteiger partial charge >= 0.3 is 0 Å². The van der Waals surface area contributed by atoms with Crippen LogP contribution in [-0.2, 0) is 34.4 Å². The molecule has 1 unspecified atom stereocenters. The van der Waals surface area contributed by atoms with E-state index in [4.69, 9.17) is 4.98 Å². The van der Waals surface area contributed by atoms with E-state index in [2.05, 4.69) is 39.8 Å². The summed E-state index contributed by atoms with van der Waals surface area (Å²) in [4.78, 5) is 32.9. The van der Waals surface area contributed by atoms with Crippen molar-refractivity contribution in [3.63, 3.8) is 0 Å². The number of aromatic nitrogens is 1. The van der Waals surface area contributed by atoms with Gasteiger partial charge in [-0.2, -0.15) is 0 Å². The average molecular weight is 493 g/mol. The molecule has 2 N–H and O–H groups in total. The van der Waals surface area contributed by atoms with Crippen LogP contribution in [0.25, 0.3) is 10.9 Å². The number of carbonyl (C=O) groups excluding carboxylic acids is 2. The average Bonchev–Trinajstić information content (AvgIpc) is 3.40. The smallest absolute Gasteiger partial charge is 0.242 e. The zero-order chi connectivity index (χ0) is 25.1. The van der Waals surface area contributed by atoms with Gasteiger partial charge in [0.1, 0.15) is 11.9 Å². The number of para-hydroxylation sites is 1. The largest absolute Gasteiger partial charge is 0.353 e. The van der Waals surface area contributed by atoms with Crippen molar-refractivity contribution in [2.75, 3.05) is 18.4 Å². The lowest BCUT2D eigenvalue weighted by Crippen LogP contribution is -2.49. The van der Waals surface area contributed by atoms with Crippen LogP contribution in [0, 0.1) is 5.82 Å². The first-order chi connectivity index (χ1) is 18.0. The number of amides is 2. The van der Waals surface area contributed by atoms with E-state index < -0.39 is 11.5 Å². The second-order valence-corrected chi connectivity index (χ2v) is 10.3. The highest BCUT2D eigenvalue weighted by Gasteiger charge is 2.50. The second kappa shape index (κ2) is 8.21. The molecule has 3 aromatic carbocycles. The number of rotatable bonds is 3. The SMILES string of the molecule is O=C1NCCN(Cc2ccc3cc4c(cc3n2)C[C@@]2(C4)C(=O)Nc3ccccc32)C1c1ccc(F)cc1. The number of nitrogens with zero attached hydrogens (tertiary/aromatic N) is 2. The van der Waals surface area contributed by atoms with Crippen molar-refractivity contribution in [2.24, 2.45) is 0 Å². The highest BCUT2D eigenvalue weighted by molar-refractivity contribution is 6.07. The third-order valence-corrected chi connectivity index (χ3v) is 8.04. The summed E-state index contributed by atoms with van der Waals surface area (Å²) in [6.07, 6.45) is 1.34. The van der Waals surface area contributed by atoms with Gasteiger partial charge in [-0.3, -0.25) is 19.5 Å². The first-order valence-electron chi connectivity index (χ1n) is 12.6. The molecule has 2 amide bonds. The summed E-state index contributed by atoms with van der Waals surface area (Å²) >= 11 is 0. The Hall–Kier alpha value is -4.10. The number of hydrogen-bond acceptors (Lipinski definition) is 4. The number of halogens is 1. The summed E-state index contributed by atoms with van der Waals surface area (Å²) in [5.74, 6) is -0.342. The minimum atomic E-state index is -0.553. The van der Waals surface area contributed by atoms with Crippen LogP contribution in [0.1, 0.15) is 34.0 Å². The van der Waals surface area contributed by atoms with E-state index in [1.807, 2.05) is 24.3 Å². The fourth-order valence-corrected chi connectivity index (χ4v) is 6.26. The minimum absolute atomic E-state index is 0.0674. The molecule has 3 heterocycles. The van der Waals surface area contributed by atoms with Gasteiger partial charge < -0.3 is 10.6 Å². The molecule has 3 aliphatic rings. The Labute approximate surface area is 213 Å². The summed E-state index contributed by atoms with van der Waals surface area (Å²) in [7, 11) is 0. The molecule has 1 saturated heterocycles. The van der Waals surface area contributed by atoms with Gasteiger partial charge in [-0.15, -0.1) is 0 Å². The molecule has 7 heteroatoms. The Kier molecular flexibility index (Phi) is 4.91. The molecule has 1 spiro atoms. The molecule has 0 radical (unpaired) electrons. The van der Waals surface area contributed by atoms with Gasteiger partial charge in [0.25, 0.3) is 0 Å². The Morgan fingerprint density at radius 1 is 0.973 bits per heavy atom. The summed E-state index contributed by atoms with van der Waals surface area (Å²) in [6.45, 7) is 1.74. The van der Waals surface area contributed by atoms with Gasteiger partial charge in [0.15, 0.2) is 0 Å². The van der Waals surface area contributed by atoms with Crippen LogP contribution in [0.5, 0.6) is 0 Å². The van der Waals surface area contributed by atoms with Crippen molar-refractivity contribution < 1.29 is 14.0 Å². The third kappa shape index (κ3) is 3.53. The lowest BCUT2D eigenvalue weighted by atomic mass is 9.79. The first-order valence-corrected chi connectivity index (χ1v) is 12.6. The minimum Gasteiger partial charge on any atom is -0.353 e.